The van der Waals surface area contributed by atoms with Gasteiger partial charge in [-0.2, -0.15) is 0 Å². The highest BCUT2D eigenvalue weighted by molar-refractivity contribution is 5.98. The van der Waals surface area contributed by atoms with Gasteiger partial charge in [0.25, 0.3) is 11.5 Å². The second-order valence-corrected chi connectivity index (χ2v) is 6.49. The maximum Gasteiger partial charge on any atom is 0.338 e. The zero-order valence-electron chi connectivity index (χ0n) is 16.2. The number of aromatic nitrogens is 2. The lowest BCUT2D eigenvalue weighted by molar-refractivity contribution is -0.123. The zero-order valence-corrected chi connectivity index (χ0v) is 16.2. The van der Waals surface area contributed by atoms with E-state index in [0.717, 1.165) is 0 Å². The molecule has 0 aliphatic rings. The van der Waals surface area contributed by atoms with Gasteiger partial charge in [-0.25, -0.2) is 14.2 Å². The van der Waals surface area contributed by atoms with E-state index in [9.17, 15) is 18.8 Å². The van der Waals surface area contributed by atoms with Crippen molar-refractivity contribution in [2.45, 2.75) is 33.4 Å². The highest BCUT2D eigenvalue weighted by Gasteiger charge is 2.20. The summed E-state index contributed by atoms with van der Waals surface area (Å²) in [6.07, 6.45) is -1.07. The van der Waals surface area contributed by atoms with E-state index in [0.29, 0.717) is 29.0 Å². The lowest BCUT2D eigenvalue weighted by Crippen LogP contribution is -2.30. The summed E-state index contributed by atoms with van der Waals surface area (Å²) in [4.78, 5) is 41.1. The molecule has 29 heavy (non-hydrogen) atoms. The number of anilines is 1. The first-order valence-corrected chi connectivity index (χ1v) is 9.08. The van der Waals surface area contributed by atoms with Gasteiger partial charge in [-0.05, 0) is 63.2 Å². The number of benzene rings is 2. The first-order chi connectivity index (χ1) is 13.8. The minimum absolute atomic E-state index is 0.179. The standard InChI is InChI=1S/C21H20FN3O4/c1-4-25-18-10-5-14(11-17(18)23-12(2)20(25)27)21(28)29-13(3)19(26)24-16-8-6-15(22)7-9-16/h5-11,13H,4H2,1-3H3,(H,24,26)/t13-/m1/s1. The van der Waals surface area contributed by atoms with Crippen LogP contribution in [0.2, 0.25) is 0 Å². The molecule has 0 aliphatic heterocycles. The van der Waals surface area contributed by atoms with Gasteiger partial charge < -0.3 is 14.6 Å². The molecule has 0 saturated heterocycles. The molecule has 1 heterocycles. The van der Waals surface area contributed by atoms with Crippen molar-refractivity contribution < 1.29 is 18.7 Å². The van der Waals surface area contributed by atoms with Crippen molar-refractivity contribution in [2.75, 3.05) is 5.32 Å². The molecular formula is C21H20FN3O4. The molecule has 3 aromatic rings. The molecule has 7 nitrogen and oxygen atoms in total. The third kappa shape index (κ3) is 4.31. The van der Waals surface area contributed by atoms with Crippen LogP contribution in [-0.2, 0) is 16.1 Å². The number of hydrogen-bond donors (Lipinski definition) is 1. The first kappa shape index (κ1) is 20.2. The van der Waals surface area contributed by atoms with Crippen LogP contribution >= 0.6 is 0 Å². The van der Waals surface area contributed by atoms with Gasteiger partial charge in [-0.1, -0.05) is 0 Å². The average Bonchev–Trinajstić information content (AvgIpc) is 2.70. The Bertz CT molecular complexity index is 1140. The maximum absolute atomic E-state index is 12.9. The monoisotopic (exact) mass is 397 g/mol. The summed E-state index contributed by atoms with van der Waals surface area (Å²) in [5, 5.41) is 2.55. The molecule has 0 spiro atoms. The summed E-state index contributed by atoms with van der Waals surface area (Å²) in [5.41, 5.74) is 1.86. The van der Waals surface area contributed by atoms with Crippen molar-refractivity contribution in [2.24, 2.45) is 0 Å². The van der Waals surface area contributed by atoms with Crippen molar-refractivity contribution in [3.8, 4) is 0 Å². The Labute approximate surface area is 166 Å². The van der Waals surface area contributed by atoms with Gasteiger partial charge in [0.05, 0.1) is 16.6 Å². The number of amides is 1. The van der Waals surface area contributed by atoms with Crippen molar-refractivity contribution >= 4 is 28.6 Å². The minimum atomic E-state index is -1.07. The highest BCUT2D eigenvalue weighted by Crippen LogP contribution is 2.15. The Hall–Kier alpha value is -3.55. The van der Waals surface area contributed by atoms with Crippen LogP contribution in [0.4, 0.5) is 10.1 Å². The summed E-state index contributed by atoms with van der Waals surface area (Å²) < 4.78 is 19.7. The molecule has 1 atom stereocenters. The number of esters is 1. The highest BCUT2D eigenvalue weighted by atomic mass is 19.1. The fourth-order valence-electron chi connectivity index (χ4n) is 2.87. The van der Waals surface area contributed by atoms with Crippen LogP contribution in [0.25, 0.3) is 11.0 Å². The molecular weight excluding hydrogens is 377 g/mol. The SMILES string of the molecule is CCn1c(=O)c(C)nc2cc(C(=O)O[C@H](C)C(=O)Nc3ccc(F)cc3)ccc21. The van der Waals surface area contributed by atoms with E-state index >= 15 is 0 Å². The largest absolute Gasteiger partial charge is 0.449 e. The van der Waals surface area contributed by atoms with Gasteiger partial charge in [-0.15, -0.1) is 0 Å². The van der Waals surface area contributed by atoms with Gasteiger partial charge in [0.15, 0.2) is 6.10 Å². The average molecular weight is 397 g/mol. The molecule has 0 saturated carbocycles. The Morgan fingerprint density at radius 1 is 1.21 bits per heavy atom. The van der Waals surface area contributed by atoms with Crippen molar-refractivity contribution in [1.29, 1.82) is 0 Å². The molecule has 0 unspecified atom stereocenters. The number of hydrogen-bond acceptors (Lipinski definition) is 5. The summed E-state index contributed by atoms with van der Waals surface area (Å²) in [7, 11) is 0. The fraction of sp³-hybridized carbons (Fsp3) is 0.238. The second kappa shape index (κ2) is 8.22. The van der Waals surface area contributed by atoms with E-state index in [2.05, 4.69) is 10.3 Å². The molecule has 1 aromatic heterocycles. The van der Waals surface area contributed by atoms with Gasteiger partial charge in [0, 0.05) is 12.2 Å². The van der Waals surface area contributed by atoms with E-state index < -0.39 is 23.8 Å². The van der Waals surface area contributed by atoms with Crippen LogP contribution in [0.5, 0.6) is 0 Å². The Morgan fingerprint density at radius 3 is 2.55 bits per heavy atom. The topological polar surface area (TPSA) is 90.3 Å². The third-order valence-corrected chi connectivity index (χ3v) is 4.43. The van der Waals surface area contributed by atoms with E-state index in [-0.39, 0.29) is 11.1 Å². The molecule has 1 amide bonds. The van der Waals surface area contributed by atoms with E-state index in [1.165, 1.54) is 43.3 Å². The number of halogens is 1. The number of ether oxygens (including phenoxy) is 1. The number of carbonyl (C=O) groups is 2. The molecule has 150 valence electrons. The lowest BCUT2D eigenvalue weighted by atomic mass is 10.2. The van der Waals surface area contributed by atoms with Crippen LogP contribution in [0.3, 0.4) is 0 Å². The van der Waals surface area contributed by atoms with E-state index in [1.54, 1.807) is 17.6 Å². The lowest BCUT2D eigenvalue weighted by Gasteiger charge is -2.14. The van der Waals surface area contributed by atoms with Crippen LogP contribution < -0.4 is 10.9 Å². The minimum Gasteiger partial charge on any atom is -0.449 e. The predicted molar refractivity (Wildman–Crippen MR) is 106 cm³/mol. The summed E-state index contributed by atoms with van der Waals surface area (Å²) in [6.45, 7) is 5.38. The third-order valence-electron chi connectivity index (χ3n) is 4.43. The molecule has 3 rings (SSSR count). The fourth-order valence-corrected chi connectivity index (χ4v) is 2.87. The number of nitrogens with zero attached hydrogens (tertiary/aromatic N) is 2. The zero-order chi connectivity index (χ0) is 21.1. The van der Waals surface area contributed by atoms with Gasteiger partial charge in [0.1, 0.15) is 11.5 Å². The number of carbonyl (C=O) groups excluding carboxylic acids is 2. The first-order valence-electron chi connectivity index (χ1n) is 9.08. The predicted octanol–water partition coefficient (Wildman–Crippen LogP) is 3.05. The number of rotatable bonds is 5. The summed E-state index contributed by atoms with van der Waals surface area (Å²) >= 11 is 0. The maximum atomic E-state index is 12.9. The summed E-state index contributed by atoms with van der Waals surface area (Å²) in [5.74, 6) is -1.65. The van der Waals surface area contributed by atoms with E-state index in [4.69, 9.17) is 4.74 Å². The molecule has 1 N–H and O–H groups in total. The van der Waals surface area contributed by atoms with Crippen molar-refractivity contribution in [3.63, 3.8) is 0 Å². The molecule has 0 bridgehead atoms. The second-order valence-electron chi connectivity index (χ2n) is 6.49. The quantitative estimate of drug-likeness (QED) is 0.669. The van der Waals surface area contributed by atoms with Crippen LogP contribution in [0.1, 0.15) is 29.9 Å². The molecule has 8 heteroatoms. The van der Waals surface area contributed by atoms with Crippen LogP contribution in [0.15, 0.2) is 47.3 Å². The Balaban J connectivity index is 1.76. The van der Waals surface area contributed by atoms with E-state index in [1.807, 2.05) is 6.92 Å². The van der Waals surface area contributed by atoms with Gasteiger partial charge in [-0.3, -0.25) is 9.59 Å². The number of aryl methyl sites for hydroxylation is 2. The summed E-state index contributed by atoms with van der Waals surface area (Å²) in [6, 6.07) is 9.93. The smallest absolute Gasteiger partial charge is 0.338 e. The van der Waals surface area contributed by atoms with Crippen LogP contribution in [-0.4, -0.2) is 27.5 Å². The van der Waals surface area contributed by atoms with Crippen molar-refractivity contribution in [3.05, 3.63) is 69.9 Å². The molecule has 2 aromatic carbocycles. The Kier molecular flexibility index (Phi) is 5.72. The van der Waals surface area contributed by atoms with Crippen molar-refractivity contribution in [1.82, 2.24) is 9.55 Å². The molecule has 0 fully saturated rings. The van der Waals surface area contributed by atoms with Gasteiger partial charge in [0.2, 0.25) is 0 Å². The molecule has 0 radical (unpaired) electrons. The van der Waals surface area contributed by atoms with Crippen LogP contribution in [0, 0.1) is 12.7 Å². The molecule has 0 aliphatic carbocycles. The number of fused-ring (bicyclic) bond motifs is 1. The normalized spacial score (nSPS) is 11.9. The number of nitrogens with one attached hydrogen (secondary N) is 1. The van der Waals surface area contributed by atoms with Gasteiger partial charge >= 0.3 is 5.97 Å². The Morgan fingerprint density at radius 2 is 1.90 bits per heavy atom.